The highest BCUT2D eigenvalue weighted by atomic mass is 79.9. The van der Waals surface area contributed by atoms with Gasteiger partial charge >= 0.3 is 0 Å². The number of hydrogen-bond donors (Lipinski definition) is 1. The van der Waals surface area contributed by atoms with Crippen LogP contribution in [0.1, 0.15) is 25.3 Å². The molecule has 0 aliphatic carbocycles. The van der Waals surface area contributed by atoms with Gasteiger partial charge in [0.1, 0.15) is 5.75 Å². The molecule has 0 bridgehead atoms. The highest BCUT2D eigenvalue weighted by molar-refractivity contribution is 9.10. The van der Waals surface area contributed by atoms with Gasteiger partial charge in [-0.1, -0.05) is 28.9 Å². The van der Waals surface area contributed by atoms with Gasteiger partial charge in [0.15, 0.2) is 0 Å². The van der Waals surface area contributed by atoms with Gasteiger partial charge in [0, 0.05) is 10.0 Å². The van der Waals surface area contributed by atoms with Gasteiger partial charge in [-0.25, -0.2) is 0 Å². The molecule has 2 N–H and O–H groups in total. The van der Waals surface area contributed by atoms with E-state index in [1.165, 1.54) is 0 Å². The van der Waals surface area contributed by atoms with E-state index in [4.69, 9.17) is 10.5 Å². The van der Waals surface area contributed by atoms with Crippen molar-refractivity contribution in [3.63, 3.8) is 0 Å². The summed E-state index contributed by atoms with van der Waals surface area (Å²) in [7, 11) is 0. The molecule has 1 atom stereocenters. The smallest absolute Gasteiger partial charge is 0.123 e. The maximum Gasteiger partial charge on any atom is 0.123 e. The van der Waals surface area contributed by atoms with E-state index >= 15 is 0 Å². The average molecular weight is 258 g/mol. The van der Waals surface area contributed by atoms with Crippen molar-refractivity contribution in [2.75, 3.05) is 13.2 Å². The Morgan fingerprint density at radius 3 is 2.79 bits per heavy atom. The molecular weight excluding hydrogens is 242 g/mol. The van der Waals surface area contributed by atoms with E-state index < -0.39 is 0 Å². The summed E-state index contributed by atoms with van der Waals surface area (Å²) in [6.45, 7) is 5.39. The first-order valence-electron chi connectivity index (χ1n) is 4.82. The van der Waals surface area contributed by atoms with Crippen LogP contribution in [-0.4, -0.2) is 13.2 Å². The molecule has 0 aliphatic heterocycles. The maximum absolute atomic E-state index is 5.66. The molecule has 0 saturated heterocycles. The van der Waals surface area contributed by atoms with Gasteiger partial charge in [-0.05, 0) is 31.5 Å². The first kappa shape index (κ1) is 11.5. The van der Waals surface area contributed by atoms with Crippen LogP contribution < -0.4 is 10.5 Å². The fraction of sp³-hybridized carbons (Fsp3) is 0.455. The third-order valence-electron chi connectivity index (χ3n) is 2.16. The van der Waals surface area contributed by atoms with E-state index in [1.807, 2.05) is 25.1 Å². The summed E-state index contributed by atoms with van der Waals surface area (Å²) in [6, 6.07) is 5.97. The lowest BCUT2D eigenvalue weighted by atomic mass is 10.0. The predicted octanol–water partition coefficient (Wildman–Crippen LogP) is 2.91. The second-order valence-corrected chi connectivity index (χ2v) is 4.08. The van der Waals surface area contributed by atoms with Crippen LogP contribution in [0, 0.1) is 0 Å². The molecule has 0 spiro atoms. The first-order valence-corrected chi connectivity index (χ1v) is 5.61. The summed E-state index contributed by atoms with van der Waals surface area (Å²) in [4.78, 5) is 0. The molecule has 0 fully saturated rings. The summed E-state index contributed by atoms with van der Waals surface area (Å²) in [5.41, 5.74) is 6.83. The monoisotopic (exact) mass is 257 g/mol. The van der Waals surface area contributed by atoms with Gasteiger partial charge in [-0.3, -0.25) is 0 Å². The normalized spacial score (nSPS) is 12.6. The van der Waals surface area contributed by atoms with E-state index in [0.717, 1.165) is 15.8 Å². The minimum atomic E-state index is 0.312. The third kappa shape index (κ3) is 2.49. The largest absolute Gasteiger partial charge is 0.494 e. The molecule has 3 heteroatoms. The van der Waals surface area contributed by atoms with Crippen molar-refractivity contribution < 1.29 is 4.74 Å². The van der Waals surface area contributed by atoms with Crippen molar-refractivity contribution in [2.24, 2.45) is 5.73 Å². The molecule has 0 saturated carbocycles. The average Bonchev–Trinajstić information content (AvgIpc) is 2.18. The molecule has 1 unspecified atom stereocenters. The maximum atomic E-state index is 5.66. The number of nitrogens with two attached hydrogens (primary N) is 1. The van der Waals surface area contributed by atoms with Crippen molar-refractivity contribution in [1.29, 1.82) is 0 Å². The Bertz CT molecular complexity index is 301. The van der Waals surface area contributed by atoms with Gasteiger partial charge < -0.3 is 10.5 Å². The summed E-state index contributed by atoms with van der Waals surface area (Å²) in [5, 5.41) is 0. The molecule has 0 heterocycles. The summed E-state index contributed by atoms with van der Waals surface area (Å²) in [5.74, 6) is 1.24. The van der Waals surface area contributed by atoms with Crippen molar-refractivity contribution in [1.82, 2.24) is 0 Å². The Kier molecular flexibility index (Phi) is 4.42. The van der Waals surface area contributed by atoms with E-state index in [2.05, 4.69) is 22.9 Å². The Hall–Kier alpha value is -0.540. The first-order chi connectivity index (χ1) is 6.70. The SMILES string of the molecule is CCOc1cccc(Br)c1C(C)CN. The summed E-state index contributed by atoms with van der Waals surface area (Å²) in [6.07, 6.45) is 0. The van der Waals surface area contributed by atoms with Crippen LogP contribution in [0.4, 0.5) is 0 Å². The zero-order valence-corrected chi connectivity index (χ0v) is 10.2. The summed E-state index contributed by atoms with van der Waals surface area (Å²) >= 11 is 3.52. The van der Waals surface area contributed by atoms with Crippen molar-refractivity contribution >= 4 is 15.9 Å². The lowest BCUT2D eigenvalue weighted by molar-refractivity contribution is 0.334. The molecular formula is C11H16BrNO. The quantitative estimate of drug-likeness (QED) is 0.901. The fourth-order valence-electron chi connectivity index (χ4n) is 1.39. The molecule has 1 aromatic rings. The van der Waals surface area contributed by atoms with Crippen LogP contribution in [0.5, 0.6) is 5.75 Å². The molecule has 1 rings (SSSR count). The fourth-order valence-corrected chi connectivity index (χ4v) is 2.13. The number of rotatable bonds is 4. The second-order valence-electron chi connectivity index (χ2n) is 3.22. The summed E-state index contributed by atoms with van der Waals surface area (Å²) < 4.78 is 6.63. The van der Waals surface area contributed by atoms with Gasteiger partial charge in [0.25, 0.3) is 0 Å². The number of benzene rings is 1. The molecule has 2 nitrogen and oxygen atoms in total. The van der Waals surface area contributed by atoms with Gasteiger partial charge in [0.05, 0.1) is 6.61 Å². The topological polar surface area (TPSA) is 35.2 Å². The number of ether oxygens (including phenoxy) is 1. The molecule has 0 aliphatic rings. The molecule has 1 aromatic carbocycles. The molecule has 78 valence electrons. The Morgan fingerprint density at radius 1 is 1.50 bits per heavy atom. The van der Waals surface area contributed by atoms with Crippen LogP contribution in [0.25, 0.3) is 0 Å². The molecule has 14 heavy (non-hydrogen) atoms. The Labute approximate surface area is 93.6 Å². The number of hydrogen-bond acceptors (Lipinski definition) is 2. The lowest BCUT2D eigenvalue weighted by Crippen LogP contribution is -2.11. The van der Waals surface area contributed by atoms with Crippen molar-refractivity contribution in [3.05, 3.63) is 28.2 Å². The molecule has 0 aromatic heterocycles. The van der Waals surface area contributed by atoms with Gasteiger partial charge in [-0.15, -0.1) is 0 Å². The zero-order valence-electron chi connectivity index (χ0n) is 8.59. The highest BCUT2D eigenvalue weighted by Crippen LogP contribution is 2.32. The van der Waals surface area contributed by atoms with Crippen LogP contribution in [0.2, 0.25) is 0 Å². The van der Waals surface area contributed by atoms with Gasteiger partial charge in [-0.2, -0.15) is 0 Å². The van der Waals surface area contributed by atoms with Crippen LogP contribution >= 0.6 is 15.9 Å². The van der Waals surface area contributed by atoms with Gasteiger partial charge in [0.2, 0.25) is 0 Å². The van der Waals surface area contributed by atoms with Crippen molar-refractivity contribution in [2.45, 2.75) is 19.8 Å². The highest BCUT2D eigenvalue weighted by Gasteiger charge is 2.13. The second kappa shape index (κ2) is 5.37. The molecule has 0 amide bonds. The van der Waals surface area contributed by atoms with E-state index in [1.54, 1.807) is 0 Å². The standard InChI is InChI=1S/C11H16BrNO/c1-3-14-10-6-4-5-9(12)11(10)8(2)7-13/h4-6,8H,3,7,13H2,1-2H3. The number of halogens is 1. The van der Waals surface area contributed by atoms with E-state index in [0.29, 0.717) is 19.1 Å². The molecule has 0 radical (unpaired) electrons. The zero-order chi connectivity index (χ0) is 10.6. The van der Waals surface area contributed by atoms with E-state index in [-0.39, 0.29) is 0 Å². The predicted molar refractivity (Wildman–Crippen MR) is 62.8 cm³/mol. The lowest BCUT2D eigenvalue weighted by Gasteiger charge is -2.16. The minimum Gasteiger partial charge on any atom is -0.494 e. The minimum absolute atomic E-state index is 0.312. The Balaban J connectivity index is 3.08. The van der Waals surface area contributed by atoms with E-state index in [9.17, 15) is 0 Å². The Morgan fingerprint density at radius 2 is 2.21 bits per heavy atom. The van der Waals surface area contributed by atoms with Crippen LogP contribution in [-0.2, 0) is 0 Å². The van der Waals surface area contributed by atoms with Crippen LogP contribution in [0.3, 0.4) is 0 Å². The third-order valence-corrected chi connectivity index (χ3v) is 2.85. The van der Waals surface area contributed by atoms with Crippen molar-refractivity contribution in [3.8, 4) is 5.75 Å². The van der Waals surface area contributed by atoms with Crippen LogP contribution in [0.15, 0.2) is 22.7 Å².